The Hall–Kier alpha value is -3.41. The molecular formula is C63H108O6. The van der Waals surface area contributed by atoms with Gasteiger partial charge in [0.2, 0.25) is 0 Å². The molecule has 69 heavy (non-hydrogen) atoms. The third kappa shape index (κ3) is 55.4. The third-order valence-electron chi connectivity index (χ3n) is 12.3. The molecule has 6 heteroatoms. The molecule has 0 saturated carbocycles. The van der Waals surface area contributed by atoms with Crippen molar-refractivity contribution in [1.82, 2.24) is 0 Å². The number of hydrogen-bond donors (Lipinski definition) is 0. The molecular weight excluding hydrogens is 853 g/mol. The molecule has 0 rings (SSSR count). The van der Waals surface area contributed by atoms with E-state index in [-0.39, 0.29) is 37.5 Å². The maximum Gasteiger partial charge on any atom is 0.306 e. The molecule has 0 aromatic heterocycles. The van der Waals surface area contributed by atoms with E-state index < -0.39 is 6.10 Å². The van der Waals surface area contributed by atoms with Gasteiger partial charge in [-0.2, -0.15) is 0 Å². The van der Waals surface area contributed by atoms with Gasteiger partial charge in [-0.25, -0.2) is 0 Å². The minimum absolute atomic E-state index is 0.0971. The number of carbonyl (C=O) groups excluding carboxylic acids is 3. The van der Waals surface area contributed by atoms with Crippen LogP contribution in [0.25, 0.3) is 0 Å². The van der Waals surface area contributed by atoms with Crippen molar-refractivity contribution in [1.29, 1.82) is 0 Å². The zero-order valence-electron chi connectivity index (χ0n) is 45.3. The average molecular weight is 962 g/mol. The van der Waals surface area contributed by atoms with Gasteiger partial charge >= 0.3 is 17.9 Å². The van der Waals surface area contributed by atoms with Crippen LogP contribution in [0.4, 0.5) is 0 Å². The summed E-state index contributed by atoms with van der Waals surface area (Å²) in [5.41, 5.74) is 0. The fourth-order valence-electron chi connectivity index (χ4n) is 7.93. The molecule has 0 radical (unpaired) electrons. The monoisotopic (exact) mass is 961 g/mol. The van der Waals surface area contributed by atoms with Crippen molar-refractivity contribution in [2.75, 3.05) is 13.2 Å². The van der Waals surface area contributed by atoms with Crippen LogP contribution in [0, 0.1) is 0 Å². The lowest BCUT2D eigenvalue weighted by atomic mass is 10.1. The molecule has 0 aromatic carbocycles. The fraction of sp³-hybridized carbons (Fsp3) is 0.730. The van der Waals surface area contributed by atoms with Crippen LogP contribution in [0.15, 0.2) is 85.1 Å². The van der Waals surface area contributed by atoms with E-state index >= 15 is 0 Å². The first-order valence-electron chi connectivity index (χ1n) is 29.1. The van der Waals surface area contributed by atoms with Gasteiger partial charge in [-0.3, -0.25) is 14.4 Å². The maximum atomic E-state index is 12.9. The van der Waals surface area contributed by atoms with E-state index in [1.54, 1.807) is 0 Å². The van der Waals surface area contributed by atoms with Crippen molar-refractivity contribution < 1.29 is 28.6 Å². The Morgan fingerprint density at radius 2 is 0.536 bits per heavy atom. The van der Waals surface area contributed by atoms with Crippen molar-refractivity contribution in [3.63, 3.8) is 0 Å². The van der Waals surface area contributed by atoms with E-state index in [2.05, 4.69) is 106 Å². The van der Waals surface area contributed by atoms with Gasteiger partial charge in [0.1, 0.15) is 13.2 Å². The fourth-order valence-corrected chi connectivity index (χ4v) is 7.93. The first kappa shape index (κ1) is 65.6. The van der Waals surface area contributed by atoms with Crippen LogP contribution >= 0.6 is 0 Å². The van der Waals surface area contributed by atoms with Crippen LogP contribution in [-0.4, -0.2) is 37.2 Å². The smallest absolute Gasteiger partial charge is 0.306 e. The van der Waals surface area contributed by atoms with Crippen LogP contribution in [0.1, 0.15) is 278 Å². The topological polar surface area (TPSA) is 78.9 Å². The molecule has 0 unspecified atom stereocenters. The summed E-state index contributed by atoms with van der Waals surface area (Å²) < 4.78 is 16.8. The summed E-state index contributed by atoms with van der Waals surface area (Å²) in [7, 11) is 0. The molecule has 0 amide bonds. The summed E-state index contributed by atoms with van der Waals surface area (Å²) in [4.78, 5) is 38.2. The van der Waals surface area contributed by atoms with Crippen molar-refractivity contribution in [3.05, 3.63) is 85.1 Å². The molecule has 396 valence electrons. The molecule has 6 nitrogen and oxygen atoms in total. The van der Waals surface area contributed by atoms with Gasteiger partial charge in [0.05, 0.1) is 0 Å². The highest BCUT2D eigenvalue weighted by Gasteiger charge is 2.19. The van der Waals surface area contributed by atoms with Gasteiger partial charge in [0, 0.05) is 19.3 Å². The summed E-state index contributed by atoms with van der Waals surface area (Å²) in [6.07, 6.45) is 74.3. The Balaban J connectivity index is 4.47. The van der Waals surface area contributed by atoms with Crippen molar-refractivity contribution in [2.24, 2.45) is 0 Å². The van der Waals surface area contributed by atoms with E-state index in [1.807, 2.05) is 0 Å². The second kappa shape index (κ2) is 57.2. The number of ether oxygens (including phenoxy) is 3. The van der Waals surface area contributed by atoms with Gasteiger partial charge in [-0.15, -0.1) is 0 Å². The Morgan fingerprint density at radius 3 is 0.913 bits per heavy atom. The van der Waals surface area contributed by atoms with E-state index in [9.17, 15) is 14.4 Å². The number of rotatable bonds is 52. The zero-order chi connectivity index (χ0) is 50.0. The Kier molecular flexibility index (Phi) is 54.3. The van der Waals surface area contributed by atoms with Crippen LogP contribution in [0.3, 0.4) is 0 Å². The minimum atomic E-state index is -0.803. The molecule has 0 aliphatic carbocycles. The highest BCUT2D eigenvalue weighted by Crippen LogP contribution is 2.15. The quantitative estimate of drug-likeness (QED) is 0.0262. The van der Waals surface area contributed by atoms with Gasteiger partial charge in [-0.1, -0.05) is 228 Å². The summed E-state index contributed by atoms with van der Waals surface area (Å²) >= 11 is 0. The van der Waals surface area contributed by atoms with E-state index in [0.717, 1.165) is 70.6 Å². The number of carbonyl (C=O) groups is 3. The highest BCUT2D eigenvalue weighted by atomic mass is 16.6. The Morgan fingerprint density at radius 1 is 0.290 bits per heavy atom. The van der Waals surface area contributed by atoms with Crippen molar-refractivity contribution in [2.45, 2.75) is 284 Å². The summed E-state index contributed by atoms with van der Waals surface area (Å²) in [6.45, 7) is 6.53. The highest BCUT2D eigenvalue weighted by molar-refractivity contribution is 5.71. The normalized spacial score (nSPS) is 12.7. The standard InChI is InChI=1S/C63H108O6/c1-4-7-10-13-16-19-22-25-28-30-31-33-36-39-42-45-48-51-54-57-63(66)69-60(58-67-61(64)55-52-49-46-43-40-37-34-27-24-21-18-15-12-9-6-3)59-68-62(65)56-53-50-47-44-41-38-35-32-29-26-23-20-17-14-11-8-5-2/h16-17,19-21,24-26,28-29,35,38,44,47,60H,4-15,18,22-23,27,30-34,36-37,39-43,45-46,48-59H2,1-3H3/b19-16-,20-17-,24-21-,28-25-,29-26-,38-35-,47-44-/t60-/m0/s1. The molecule has 0 fully saturated rings. The average Bonchev–Trinajstić information content (AvgIpc) is 3.35. The molecule has 1 atom stereocenters. The van der Waals surface area contributed by atoms with Gasteiger partial charge in [0.25, 0.3) is 0 Å². The van der Waals surface area contributed by atoms with Gasteiger partial charge < -0.3 is 14.2 Å². The number of allylic oxidation sites excluding steroid dienone is 14. The van der Waals surface area contributed by atoms with Crippen LogP contribution in [-0.2, 0) is 28.6 Å². The lowest BCUT2D eigenvalue weighted by Crippen LogP contribution is -2.30. The zero-order valence-corrected chi connectivity index (χ0v) is 45.3. The minimum Gasteiger partial charge on any atom is -0.462 e. The predicted molar refractivity (Wildman–Crippen MR) is 297 cm³/mol. The molecule has 0 N–H and O–H groups in total. The van der Waals surface area contributed by atoms with Gasteiger partial charge in [-0.05, 0) is 116 Å². The molecule has 0 bridgehead atoms. The SMILES string of the molecule is CCCCC/C=C\C/C=C\C/C=C\C/C=C\CCCC(=O)OC[C@H](COC(=O)CCCCCCCCC/C=C\CCCCCC)OC(=O)CCCCCCCCCCC/C=C\C/C=C\CCCCC. The van der Waals surface area contributed by atoms with Crippen LogP contribution in [0.2, 0.25) is 0 Å². The van der Waals surface area contributed by atoms with E-state index in [0.29, 0.717) is 19.3 Å². The lowest BCUT2D eigenvalue weighted by Gasteiger charge is -2.18. The predicted octanol–water partition coefficient (Wildman–Crippen LogP) is 19.5. The number of hydrogen-bond acceptors (Lipinski definition) is 6. The Labute approximate surface area is 426 Å². The van der Waals surface area contributed by atoms with Crippen LogP contribution < -0.4 is 0 Å². The maximum absolute atomic E-state index is 12.9. The molecule has 0 heterocycles. The summed E-state index contributed by atoms with van der Waals surface area (Å²) in [5, 5.41) is 0. The molecule has 0 aliphatic rings. The first-order chi connectivity index (χ1) is 34.0. The third-order valence-corrected chi connectivity index (χ3v) is 12.3. The summed E-state index contributed by atoms with van der Waals surface area (Å²) in [5.74, 6) is -0.958. The number of unbranched alkanes of at least 4 members (excludes halogenated alkanes) is 27. The lowest BCUT2D eigenvalue weighted by molar-refractivity contribution is -0.167. The van der Waals surface area contributed by atoms with Crippen LogP contribution in [0.5, 0.6) is 0 Å². The summed E-state index contributed by atoms with van der Waals surface area (Å²) in [6, 6.07) is 0. The van der Waals surface area contributed by atoms with Crippen molar-refractivity contribution >= 4 is 17.9 Å². The largest absolute Gasteiger partial charge is 0.462 e. The van der Waals surface area contributed by atoms with Gasteiger partial charge in [0.15, 0.2) is 6.10 Å². The molecule has 0 saturated heterocycles. The second-order valence-corrected chi connectivity index (χ2v) is 19.2. The van der Waals surface area contributed by atoms with E-state index in [4.69, 9.17) is 14.2 Å². The van der Waals surface area contributed by atoms with E-state index in [1.165, 1.54) is 161 Å². The molecule has 0 aromatic rings. The molecule has 0 spiro atoms. The second-order valence-electron chi connectivity index (χ2n) is 19.2. The number of esters is 3. The molecule has 0 aliphatic heterocycles. The first-order valence-corrected chi connectivity index (χ1v) is 29.1. The van der Waals surface area contributed by atoms with Crippen molar-refractivity contribution in [3.8, 4) is 0 Å². The Bertz CT molecular complexity index is 1330.